The lowest BCUT2D eigenvalue weighted by Gasteiger charge is -2.23. The highest BCUT2D eigenvalue weighted by molar-refractivity contribution is 7.48. The van der Waals surface area contributed by atoms with Crippen molar-refractivity contribution in [3.8, 4) is 0 Å². The molecule has 0 amide bonds. The summed E-state index contributed by atoms with van der Waals surface area (Å²) in [6.07, 6.45) is -5.05. The Balaban J connectivity index is 2.02. The van der Waals surface area contributed by atoms with Crippen molar-refractivity contribution in [3.63, 3.8) is 0 Å². The molecule has 28 heavy (non-hydrogen) atoms. The predicted octanol–water partition coefficient (Wildman–Crippen LogP) is 2.81. The molecule has 2 aromatic carbocycles. The van der Waals surface area contributed by atoms with Crippen molar-refractivity contribution in [2.45, 2.75) is 31.5 Å². The maximum Gasteiger partial charge on any atom is 0.475 e. The Bertz CT molecular complexity index is 755. The largest absolute Gasteiger partial charge is 0.475 e. The summed E-state index contributed by atoms with van der Waals surface area (Å²) in [4.78, 5) is 0. The van der Waals surface area contributed by atoms with Gasteiger partial charge in [-0.05, 0) is 11.1 Å². The van der Waals surface area contributed by atoms with Gasteiger partial charge in [0.05, 0.1) is 21.2 Å². The molecule has 0 aromatic heterocycles. The van der Waals surface area contributed by atoms with E-state index < -0.39 is 38.8 Å². The molecule has 8 heteroatoms. The van der Waals surface area contributed by atoms with Crippen molar-refractivity contribution in [2.75, 3.05) is 6.61 Å². The minimum atomic E-state index is -4.12. The zero-order chi connectivity index (χ0) is 21.3. The summed E-state index contributed by atoms with van der Waals surface area (Å²) in [6.45, 7) is 2.43. The smallest absolute Gasteiger partial charge is 0.388 e. The molecule has 0 aliphatic rings. The van der Waals surface area contributed by atoms with E-state index in [1.807, 2.05) is 12.1 Å². The number of phosphoric ester groups is 1. The van der Waals surface area contributed by atoms with E-state index in [0.717, 1.165) is 11.1 Å². The van der Waals surface area contributed by atoms with Crippen LogP contribution in [0.1, 0.15) is 12.5 Å². The van der Waals surface area contributed by atoms with E-state index in [2.05, 4.69) is 6.58 Å². The first-order chi connectivity index (χ1) is 13.8. The molecule has 0 heterocycles. The summed E-state index contributed by atoms with van der Waals surface area (Å²) in [6, 6.07) is 17.5. The van der Waals surface area contributed by atoms with E-state index in [4.69, 9.17) is 14.9 Å². The first kappa shape index (κ1) is 20.9. The van der Waals surface area contributed by atoms with Crippen LogP contribution in [0.5, 0.6) is 0 Å². The Morgan fingerprint density at radius 2 is 1.39 bits per heavy atom. The van der Waals surface area contributed by atoms with Gasteiger partial charge in [0.25, 0.3) is 0 Å². The molecule has 2 aromatic rings. The maximum atomic E-state index is 13.0. The second kappa shape index (κ2) is 11.2. The van der Waals surface area contributed by atoms with Gasteiger partial charge < -0.3 is 15.3 Å². The van der Waals surface area contributed by atoms with Crippen LogP contribution in [0.15, 0.2) is 73.3 Å². The Morgan fingerprint density at radius 3 is 1.82 bits per heavy atom. The number of hydrogen-bond donors (Lipinski definition) is 3. The van der Waals surface area contributed by atoms with E-state index in [1.54, 1.807) is 48.5 Å². The Labute approximate surface area is 165 Å². The van der Waals surface area contributed by atoms with Gasteiger partial charge in [-0.1, -0.05) is 66.7 Å². The van der Waals surface area contributed by atoms with Gasteiger partial charge >= 0.3 is 7.82 Å². The Hall–Kier alpha value is -1.83. The van der Waals surface area contributed by atoms with E-state index in [0.29, 0.717) is 0 Å². The van der Waals surface area contributed by atoms with Crippen molar-refractivity contribution >= 4 is 7.82 Å². The lowest BCUT2D eigenvalue weighted by Crippen LogP contribution is -2.38. The second-order valence-electron chi connectivity index (χ2n) is 5.97. The maximum absolute atomic E-state index is 13.0. The quantitative estimate of drug-likeness (QED) is 0.365. The molecule has 7 nitrogen and oxygen atoms in total. The van der Waals surface area contributed by atoms with Crippen molar-refractivity contribution in [1.82, 2.24) is 0 Å². The second-order valence-corrected chi connectivity index (χ2v) is 7.64. The first-order valence-corrected chi connectivity index (χ1v) is 10.1. The molecule has 0 spiro atoms. The fourth-order valence-corrected chi connectivity index (χ4v) is 3.34. The normalized spacial score (nSPS) is 15.5. The van der Waals surface area contributed by atoms with Crippen LogP contribution in [0.4, 0.5) is 0 Å². The van der Waals surface area contributed by atoms with Gasteiger partial charge in [0.2, 0.25) is 0 Å². The zero-order valence-electron chi connectivity index (χ0n) is 16.3. The lowest BCUT2D eigenvalue weighted by molar-refractivity contribution is -0.0627. The van der Waals surface area contributed by atoms with E-state index in [1.165, 1.54) is 0 Å². The summed E-state index contributed by atoms with van der Waals surface area (Å²) in [5, 5.41) is 29.4. The molecule has 0 unspecified atom stereocenters. The third-order valence-corrected chi connectivity index (χ3v) is 5.15. The highest BCUT2D eigenvalue weighted by Crippen LogP contribution is 2.51. The van der Waals surface area contributed by atoms with Crippen LogP contribution in [-0.4, -0.2) is 40.2 Å². The third kappa shape index (κ3) is 7.30. The van der Waals surface area contributed by atoms with Gasteiger partial charge in [0, 0.05) is 0 Å². The predicted molar refractivity (Wildman–Crippen MR) is 104 cm³/mol. The van der Waals surface area contributed by atoms with Gasteiger partial charge in [0.15, 0.2) is 0 Å². The van der Waals surface area contributed by atoms with Crippen LogP contribution in [0.25, 0.3) is 0 Å². The van der Waals surface area contributed by atoms with E-state index >= 15 is 0 Å². The Morgan fingerprint density at radius 1 is 0.929 bits per heavy atom. The van der Waals surface area contributed by atoms with Gasteiger partial charge in [0.1, 0.15) is 18.3 Å². The van der Waals surface area contributed by atoms with Gasteiger partial charge in [-0.15, -0.1) is 6.58 Å². The minimum Gasteiger partial charge on any atom is -0.388 e. The number of benzene rings is 2. The average Bonchev–Trinajstić information content (AvgIpc) is 2.75. The van der Waals surface area contributed by atoms with Crippen LogP contribution in [0.2, 0.25) is 0 Å². The summed E-state index contributed by atoms with van der Waals surface area (Å²) in [7, 11) is -4.12. The Kier molecular flexibility index (Phi) is 8.39. The molecule has 3 atom stereocenters. The molecule has 0 aliphatic carbocycles. The number of rotatable bonds is 12. The van der Waals surface area contributed by atoms with E-state index in [9.17, 15) is 19.9 Å². The van der Waals surface area contributed by atoms with Crippen molar-refractivity contribution in [1.29, 1.82) is 0 Å². The number of hydrogen-bond acceptors (Lipinski definition) is 7. The number of aliphatic hydroxyl groups excluding tert-OH is 3. The fourth-order valence-electron chi connectivity index (χ4n) is 2.16. The third-order valence-electron chi connectivity index (χ3n) is 3.79. The van der Waals surface area contributed by atoms with Crippen molar-refractivity contribution < 1.29 is 34.8 Å². The fraction of sp³-hybridized carbons (Fsp3) is 0.300. The minimum absolute atomic E-state index is 0.0578. The van der Waals surface area contributed by atoms with Gasteiger partial charge in [-0.25, -0.2) is 4.57 Å². The van der Waals surface area contributed by atoms with Gasteiger partial charge in [-0.3, -0.25) is 13.6 Å². The van der Waals surface area contributed by atoms with Crippen molar-refractivity contribution in [3.05, 3.63) is 84.4 Å². The SMILES string of the molecule is [3H]C(=C)[C@@H](O)[C@H](O)[C@H](O)COP(=O)(OCc1ccccc1)OCc1ccccc1. The van der Waals surface area contributed by atoms with Crippen LogP contribution < -0.4 is 0 Å². The topological polar surface area (TPSA) is 105 Å². The summed E-state index contributed by atoms with van der Waals surface area (Å²) in [5.41, 5.74) is 1.47. The molecular formula is C20H25O7P. The van der Waals surface area contributed by atoms with Crippen LogP contribution in [-0.2, 0) is 31.4 Å². The molecule has 0 bridgehead atoms. The zero-order valence-corrected chi connectivity index (χ0v) is 16.2. The number of aliphatic hydroxyl groups is 3. The highest BCUT2D eigenvalue weighted by atomic mass is 31.2. The van der Waals surface area contributed by atoms with Crippen LogP contribution in [0.3, 0.4) is 0 Å². The molecule has 0 aliphatic heterocycles. The molecule has 0 saturated carbocycles. The molecule has 0 saturated heterocycles. The van der Waals surface area contributed by atoms with Crippen molar-refractivity contribution in [2.24, 2.45) is 0 Å². The van der Waals surface area contributed by atoms with Crippen LogP contribution >= 0.6 is 7.82 Å². The first-order valence-electron chi connectivity index (χ1n) is 9.12. The standard InChI is InChI=1S/C20H25O7P/c1-2-18(21)20(23)19(22)15-27-28(24,25-13-16-9-5-3-6-10-16)26-14-17-11-7-4-8-12-17/h2-12,18-23H,1,13-15H2/t18-,19-,20+/m1/s1/i2T. The highest BCUT2D eigenvalue weighted by Gasteiger charge is 2.31. The van der Waals surface area contributed by atoms with E-state index in [-0.39, 0.29) is 13.2 Å². The molecule has 2 rings (SSSR count). The average molecular weight is 410 g/mol. The molecule has 0 radical (unpaired) electrons. The molecule has 152 valence electrons. The monoisotopic (exact) mass is 410 g/mol. The van der Waals surface area contributed by atoms with Crippen LogP contribution in [0, 0.1) is 0 Å². The molecule has 0 fully saturated rings. The summed E-state index contributed by atoms with van der Waals surface area (Å²) < 4.78 is 36.2. The van der Waals surface area contributed by atoms with Gasteiger partial charge in [-0.2, -0.15) is 0 Å². The lowest BCUT2D eigenvalue weighted by atomic mass is 10.1. The summed E-state index contributed by atoms with van der Waals surface area (Å²) in [5.74, 6) is 0. The summed E-state index contributed by atoms with van der Waals surface area (Å²) >= 11 is 0. The molecular weight excluding hydrogens is 383 g/mol. The molecule has 3 N–H and O–H groups in total. The number of phosphoric acid groups is 1.